The van der Waals surface area contributed by atoms with E-state index in [9.17, 15) is 9.59 Å². The predicted molar refractivity (Wildman–Crippen MR) is 194 cm³/mol. The molecule has 48 heavy (non-hydrogen) atoms. The van der Waals surface area contributed by atoms with Crippen molar-refractivity contribution in [2.45, 2.75) is 11.5 Å². The van der Waals surface area contributed by atoms with Gasteiger partial charge in [-0.2, -0.15) is 11.3 Å². The molecule has 228 valence electrons. The Bertz CT molecular complexity index is 2310. The third kappa shape index (κ3) is 3.64. The number of allylic oxidation sites excluding steroid dienone is 2. The Kier molecular flexibility index (Phi) is 5.86. The number of Topliss-reactive ketones (excluding diaryl/α,β-unsaturated/α-hetero) is 2. The molecule has 1 spiro atoms. The Morgan fingerprint density at radius 3 is 1.83 bits per heavy atom. The summed E-state index contributed by atoms with van der Waals surface area (Å²) in [4.78, 5) is 31.0. The quantitative estimate of drug-likeness (QED) is 0.152. The number of ketones is 2. The van der Waals surface area contributed by atoms with E-state index in [1.807, 2.05) is 18.2 Å². The van der Waals surface area contributed by atoms with Gasteiger partial charge in [-0.25, -0.2) is 0 Å². The third-order valence-corrected chi connectivity index (χ3v) is 11.9. The maximum Gasteiger partial charge on any atom is 0.198 e. The van der Waals surface area contributed by atoms with E-state index in [0.717, 1.165) is 21.9 Å². The fraction of sp³-hybridized carbons (Fsp3) is 0.0476. The minimum atomic E-state index is -0.548. The van der Waals surface area contributed by atoms with E-state index >= 15 is 0 Å². The number of dihydropyridines is 1. The molecule has 10 rings (SSSR count). The van der Waals surface area contributed by atoms with Gasteiger partial charge >= 0.3 is 0 Å². The van der Waals surface area contributed by atoms with E-state index in [1.165, 1.54) is 49.6 Å². The van der Waals surface area contributed by atoms with Crippen molar-refractivity contribution < 1.29 is 9.59 Å². The van der Waals surface area contributed by atoms with Crippen LogP contribution in [0.5, 0.6) is 0 Å². The van der Waals surface area contributed by atoms with Gasteiger partial charge in [-0.1, -0.05) is 84.9 Å². The Morgan fingerprint density at radius 1 is 0.667 bits per heavy atom. The lowest BCUT2D eigenvalue weighted by Crippen LogP contribution is -2.32. The normalized spacial score (nSPS) is 17.6. The zero-order valence-electron chi connectivity index (χ0n) is 25.5. The number of hydrogen-bond donors (Lipinski definition) is 1. The molecule has 3 heterocycles. The van der Waals surface area contributed by atoms with Crippen LogP contribution < -0.4 is 10.2 Å². The van der Waals surface area contributed by atoms with E-state index in [-0.39, 0.29) is 23.2 Å². The molecule has 3 aliphatic carbocycles. The Morgan fingerprint density at radius 2 is 1.23 bits per heavy atom. The van der Waals surface area contributed by atoms with E-state index in [0.29, 0.717) is 11.1 Å². The zero-order chi connectivity index (χ0) is 32.0. The molecule has 4 nitrogen and oxygen atoms in total. The van der Waals surface area contributed by atoms with Crippen LogP contribution in [0.25, 0.3) is 17.2 Å². The number of thiophene rings is 2. The summed E-state index contributed by atoms with van der Waals surface area (Å²) in [7, 11) is 0. The third-order valence-electron chi connectivity index (χ3n) is 10.1. The average Bonchev–Trinajstić information content (AvgIpc) is 3.94. The molecule has 0 saturated carbocycles. The van der Waals surface area contributed by atoms with Crippen molar-refractivity contribution >= 4 is 51.7 Å². The highest BCUT2D eigenvalue weighted by molar-refractivity contribution is 7.13. The topological polar surface area (TPSA) is 49.4 Å². The van der Waals surface area contributed by atoms with Gasteiger partial charge in [-0.3, -0.25) is 9.59 Å². The molecule has 4 aliphatic rings. The molecule has 6 aromatic rings. The molecule has 0 bridgehead atoms. The highest BCUT2D eigenvalue weighted by atomic mass is 32.1. The van der Waals surface area contributed by atoms with Crippen molar-refractivity contribution in [1.82, 2.24) is 5.32 Å². The summed E-state index contributed by atoms with van der Waals surface area (Å²) >= 11 is 3.07. The summed E-state index contributed by atoms with van der Waals surface area (Å²) in [6, 6.07) is 40.6. The summed E-state index contributed by atoms with van der Waals surface area (Å²) in [5.74, 6) is -0.358. The van der Waals surface area contributed by atoms with Gasteiger partial charge in [0.2, 0.25) is 0 Å². The van der Waals surface area contributed by atoms with Gasteiger partial charge < -0.3 is 10.2 Å². The standard InChI is InChI=1S/C42H26N2O2S2/c45-39-31(40(46)33-24-47-23-32(33)39)20-28-21-37-41(48-28)38-36(42(37)34-17-9-7-15-29(34)30-16-8-10-18-35(30)42)19-27(22-43-38)44(25-11-3-1-4-12-25)26-13-5-2-6-14-26/h1-24,38,43H. The maximum atomic E-state index is 13.3. The second-order valence-corrected chi connectivity index (χ2v) is 14.3. The zero-order valence-corrected chi connectivity index (χ0v) is 27.1. The minimum absolute atomic E-state index is 0.0790. The molecule has 4 aromatic carbocycles. The van der Waals surface area contributed by atoms with Crippen LogP contribution in [-0.4, -0.2) is 11.6 Å². The number of fused-ring (bicyclic) bond motifs is 11. The van der Waals surface area contributed by atoms with Crippen molar-refractivity contribution in [2.24, 2.45) is 0 Å². The fourth-order valence-electron chi connectivity index (χ4n) is 8.13. The van der Waals surface area contributed by atoms with Gasteiger partial charge in [0.15, 0.2) is 11.6 Å². The number of rotatable bonds is 4. The van der Waals surface area contributed by atoms with Crippen LogP contribution in [0.3, 0.4) is 0 Å². The van der Waals surface area contributed by atoms with Gasteiger partial charge in [0.25, 0.3) is 0 Å². The van der Waals surface area contributed by atoms with Gasteiger partial charge in [-0.05, 0) is 75.9 Å². The molecule has 0 saturated heterocycles. The Hall–Kier alpha value is -5.56. The molecule has 6 heteroatoms. The van der Waals surface area contributed by atoms with E-state index in [4.69, 9.17) is 0 Å². The van der Waals surface area contributed by atoms with E-state index in [1.54, 1.807) is 22.1 Å². The van der Waals surface area contributed by atoms with Gasteiger partial charge in [0, 0.05) is 49.2 Å². The molecule has 1 unspecified atom stereocenters. The predicted octanol–water partition coefficient (Wildman–Crippen LogP) is 9.85. The number of nitrogens with one attached hydrogen (secondary N) is 1. The molecule has 1 N–H and O–H groups in total. The van der Waals surface area contributed by atoms with Gasteiger partial charge in [0.1, 0.15) is 0 Å². The first-order valence-electron chi connectivity index (χ1n) is 15.9. The second kappa shape index (κ2) is 10.2. The fourth-order valence-corrected chi connectivity index (χ4v) is 10.2. The molecular formula is C42H26N2O2S2. The smallest absolute Gasteiger partial charge is 0.198 e. The number of carbonyl (C=O) groups excluding carboxylic acids is 2. The first kappa shape index (κ1) is 27.5. The van der Waals surface area contributed by atoms with Crippen LogP contribution in [0.15, 0.2) is 155 Å². The number of hydrogen-bond acceptors (Lipinski definition) is 6. The maximum absolute atomic E-state index is 13.3. The molecular weight excluding hydrogens is 629 g/mol. The summed E-state index contributed by atoms with van der Waals surface area (Å²) in [5, 5.41) is 7.41. The van der Waals surface area contributed by atoms with Crippen LogP contribution in [0.1, 0.15) is 53.2 Å². The van der Waals surface area contributed by atoms with Crippen molar-refractivity contribution in [2.75, 3.05) is 4.90 Å². The molecule has 1 atom stereocenters. The van der Waals surface area contributed by atoms with E-state index < -0.39 is 5.41 Å². The average molecular weight is 655 g/mol. The highest BCUT2D eigenvalue weighted by Crippen LogP contribution is 2.65. The van der Waals surface area contributed by atoms with Crippen LogP contribution in [0.2, 0.25) is 0 Å². The highest BCUT2D eigenvalue weighted by Gasteiger charge is 2.56. The molecule has 1 aliphatic heterocycles. The summed E-state index contributed by atoms with van der Waals surface area (Å²) < 4.78 is 0. The van der Waals surface area contributed by atoms with Crippen LogP contribution >= 0.6 is 22.7 Å². The largest absolute Gasteiger partial charge is 0.378 e. The number of para-hydroxylation sites is 2. The molecule has 0 radical (unpaired) electrons. The number of carbonyl (C=O) groups is 2. The van der Waals surface area contributed by atoms with Crippen molar-refractivity contribution in [3.05, 3.63) is 193 Å². The second-order valence-electron chi connectivity index (χ2n) is 12.5. The Labute approximate surface area is 285 Å². The van der Waals surface area contributed by atoms with Crippen molar-refractivity contribution in [1.29, 1.82) is 0 Å². The monoisotopic (exact) mass is 654 g/mol. The lowest BCUT2D eigenvalue weighted by molar-refractivity contribution is 0.0990. The van der Waals surface area contributed by atoms with Gasteiger partial charge in [-0.15, -0.1) is 11.3 Å². The number of nitrogens with zero attached hydrogens (tertiary/aromatic N) is 1. The number of benzene rings is 4. The van der Waals surface area contributed by atoms with Crippen molar-refractivity contribution in [3.63, 3.8) is 0 Å². The minimum Gasteiger partial charge on any atom is -0.378 e. The molecule has 0 amide bonds. The van der Waals surface area contributed by atoms with Crippen LogP contribution in [-0.2, 0) is 5.41 Å². The Balaban J connectivity index is 1.19. The lowest BCUT2D eigenvalue weighted by Gasteiger charge is -2.36. The van der Waals surface area contributed by atoms with Crippen molar-refractivity contribution in [3.8, 4) is 11.1 Å². The SMILES string of the molecule is O=C1C(=Cc2cc3c(s2)C2NC=C(N(c4ccccc4)c4ccccc4)C=C2C32c3ccccc3-c3ccccc32)C(=O)c2cscc21. The van der Waals surface area contributed by atoms with Crippen LogP contribution in [0, 0.1) is 0 Å². The summed E-state index contributed by atoms with van der Waals surface area (Å²) in [5.41, 5.74) is 11.4. The first-order valence-corrected chi connectivity index (χ1v) is 17.7. The summed E-state index contributed by atoms with van der Waals surface area (Å²) in [6.45, 7) is 0. The molecule has 2 aromatic heterocycles. The summed E-state index contributed by atoms with van der Waals surface area (Å²) in [6.07, 6.45) is 6.33. The number of anilines is 2. The van der Waals surface area contributed by atoms with Crippen LogP contribution in [0.4, 0.5) is 11.4 Å². The molecule has 0 fully saturated rings. The lowest BCUT2D eigenvalue weighted by atomic mass is 9.70. The first-order chi connectivity index (χ1) is 23.6. The van der Waals surface area contributed by atoms with Gasteiger partial charge in [0.05, 0.1) is 22.7 Å². The van der Waals surface area contributed by atoms with E-state index in [2.05, 4.69) is 126 Å².